The van der Waals surface area contributed by atoms with Crippen molar-refractivity contribution in [2.75, 3.05) is 33.3 Å². The molecule has 2 N–H and O–H groups in total. The van der Waals surface area contributed by atoms with Crippen molar-refractivity contribution in [1.82, 2.24) is 15.5 Å². The average Bonchev–Trinajstić information content (AvgIpc) is 3.11. The van der Waals surface area contributed by atoms with Gasteiger partial charge in [0, 0.05) is 32.1 Å². The fraction of sp³-hybridized carbons (Fsp3) is 0.636. The van der Waals surface area contributed by atoms with Crippen LogP contribution in [0.15, 0.2) is 29.3 Å². The van der Waals surface area contributed by atoms with E-state index in [0.29, 0.717) is 13.2 Å². The van der Waals surface area contributed by atoms with Crippen LogP contribution in [0.25, 0.3) is 0 Å². The van der Waals surface area contributed by atoms with Gasteiger partial charge in [0.05, 0.1) is 6.54 Å². The number of hydrogen-bond acceptors (Lipinski definition) is 3. The molecule has 1 aliphatic heterocycles. The maximum absolute atomic E-state index is 12.1. The lowest BCUT2D eigenvalue weighted by Gasteiger charge is -2.21. The van der Waals surface area contributed by atoms with Crippen LogP contribution in [0.1, 0.15) is 46.6 Å². The van der Waals surface area contributed by atoms with Gasteiger partial charge in [-0.2, -0.15) is 0 Å². The number of carbonyl (C=O) groups is 1. The second-order valence-corrected chi connectivity index (χ2v) is 8.69. The molecule has 2 rings (SSSR count). The first-order valence-electron chi connectivity index (χ1n) is 10.2. The van der Waals surface area contributed by atoms with Crippen molar-refractivity contribution in [1.29, 1.82) is 0 Å². The lowest BCUT2D eigenvalue weighted by molar-refractivity contribution is -0.133. The van der Waals surface area contributed by atoms with Gasteiger partial charge in [-0.05, 0) is 29.5 Å². The van der Waals surface area contributed by atoms with Crippen molar-refractivity contribution in [2.45, 2.75) is 52.5 Å². The number of rotatable bonds is 6. The summed E-state index contributed by atoms with van der Waals surface area (Å²) in [6, 6.07) is 8.49. The summed E-state index contributed by atoms with van der Waals surface area (Å²) >= 11 is 0. The molecule has 0 radical (unpaired) electrons. The van der Waals surface area contributed by atoms with Gasteiger partial charge in [0.2, 0.25) is 5.91 Å². The second-order valence-electron chi connectivity index (χ2n) is 8.69. The van der Waals surface area contributed by atoms with Crippen LogP contribution < -0.4 is 15.4 Å². The molecule has 0 bridgehead atoms. The summed E-state index contributed by atoms with van der Waals surface area (Å²) in [5, 5.41) is 6.70. The molecular weight excluding hydrogens is 352 g/mol. The van der Waals surface area contributed by atoms with Gasteiger partial charge >= 0.3 is 0 Å². The smallest absolute Gasteiger partial charge is 0.225 e. The number of ether oxygens (including phenoxy) is 1. The monoisotopic (exact) mass is 388 g/mol. The normalized spacial score (nSPS) is 17.8. The van der Waals surface area contributed by atoms with Crippen LogP contribution in [0.2, 0.25) is 0 Å². The highest BCUT2D eigenvalue weighted by atomic mass is 16.5. The van der Waals surface area contributed by atoms with Gasteiger partial charge in [0.15, 0.2) is 5.96 Å². The minimum Gasteiger partial charge on any atom is -0.492 e. The number of hydrogen-bond donors (Lipinski definition) is 2. The Hall–Kier alpha value is -2.24. The molecule has 1 saturated heterocycles. The summed E-state index contributed by atoms with van der Waals surface area (Å²) in [6.45, 7) is 13.2. The first-order valence-corrected chi connectivity index (χ1v) is 10.2. The Morgan fingerprint density at radius 3 is 2.75 bits per heavy atom. The number of nitrogens with one attached hydrogen (secondary N) is 2. The number of benzene rings is 1. The van der Waals surface area contributed by atoms with Crippen LogP contribution >= 0.6 is 0 Å². The Labute approximate surface area is 169 Å². The van der Waals surface area contributed by atoms with E-state index in [2.05, 4.69) is 48.5 Å². The molecule has 0 spiro atoms. The molecule has 0 saturated carbocycles. The second kappa shape index (κ2) is 9.80. The Balaban J connectivity index is 1.74. The van der Waals surface area contributed by atoms with Gasteiger partial charge < -0.3 is 20.3 Å². The van der Waals surface area contributed by atoms with Crippen LogP contribution in [0.3, 0.4) is 0 Å². The van der Waals surface area contributed by atoms with Crippen LogP contribution in [0.5, 0.6) is 5.75 Å². The third kappa shape index (κ3) is 6.43. The predicted octanol–water partition coefficient (Wildman–Crippen LogP) is 2.78. The minimum atomic E-state index is 0.0464. The van der Waals surface area contributed by atoms with Gasteiger partial charge in [0.25, 0.3) is 0 Å². The summed E-state index contributed by atoms with van der Waals surface area (Å²) in [4.78, 5) is 18.3. The lowest BCUT2D eigenvalue weighted by atomic mass is 9.87. The summed E-state index contributed by atoms with van der Waals surface area (Å²) in [6.07, 6.45) is 0.940. The zero-order chi connectivity index (χ0) is 20.7. The van der Waals surface area contributed by atoms with Crippen molar-refractivity contribution in [2.24, 2.45) is 10.9 Å². The maximum Gasteiger partial charge on any atom is 0.225 e. The maximum atomic E-state index is 12.1. The molecule has 1 aromatic rings. The summed E-state index contributed by atoms with van der Waals surface area (Å²) in [5.74, 6) is 1.90. The van der Waals surface area contributed by atoms with Crippen molar-refractivity contribution >= 4 is 11.9 Å². The van der Waals surface area contributed by atoms with Gasteiger partial charge in [-0.15, -0.1) is 0 Å². The number of guanidine groups is 1. The van der Waals surface area contributed by atoms with Gasteiger partial charge in [-0.3, -0.25) is 9.79 Å². The zero-order valence-electron chi connectivity index (χ0n) is 18.2. The third-order valence-corrected chi connectivity index (χ3v) is 4.92. The van der Waals surface area contributed by atoms with E-state index < -0.39 is 0 Å². The molecule has 0 aromatic heterocycles. The molecule has 1 unspecified atom stereocenters. The molecule has 28 heavy (non-hydrogen) atoms. The Morgan fingerprint density at radius 1 is 1.36 bits per heavy atom. The first kappa shape index (κ1) is 22.1. The SMILES string of the molecule is CN=C(NCCOc1cccc(C(C)(C)C)c1)NC1CCN(C(=O)C(C)C)C1. The Kier molecular flexibility index (Phi) is 7.72. The van der Waals surface area contributed by atoms with Gasteiger partial charge in [-0.1, -0.05) is 46.8 Å². The molecule has 156 valence electrons. The van der Waals surface area contributed by atoms with Gasteiger partial charge in [0.1, 0.15) is 12.4 Å². The van der Waals surface area contributed by atoms with Crippen molar-refractivity contribution in [3.63, 3.8) is 0 Å². The van der Waals surface area contributed by atoms with E-state index in [1.54, 1.807) is 7.05 Å². The molecule has 1 fully saturated rings. The fourth-order valence-corrected chi connectivity index (χ4v) is 3.22. The first-order chi connectivity index (χ1) is 13.2. The van der Waals surface area contributed by atoms with E-state index >= 15 is 0 Å². The van der Waals surface area contributed by atoms with Crippen molar-refractivity contribution in [3.05, 3.63) is 29.8 Å². The van der Waals surface area contributed by atoms with E-state index in [1.807, 2.05) is 30.9 Å². The topological polar surface area (TPSA) is 66.0 Å². The lowest BCUT2D eigenvalue weighted by Crippen LogP contribution is -2.46. The number of nitrogens with zero attached hydrogens (tertiary/aromatic N) is 2. The number of carbonyl (C=O) groups excluding carboxylic acids is 1. The molecule has 0 aliphatic carbocycles. The Morgan fingerprint density at radius 2 is 2.11 bits per heavy atom. The van der Waals surface area contributed by atoms with Crippen molar-refractivity contribution < 1.29 is 9.53 Å². The molecular formula is C22H36N4O2. The van der Waals surface area contributed by atoms with E-state index in [4.69, 9.17) is 4.74 Å². The van der Waals surface area contributed by atoms with Gasteiger partial charge in [-0.25, -0.2) is 0 Å². The number of amides is 1. The zero-order valence-corrected chi connectivity index (χ0v) is 18.2. The van der Waals surface area contributed by atoms with E-state index in [9.17, 15) is 4.79 Å². The molecule has 1 atom stereocenters. The van der Waals surface area contributed by atoms with Crippen LogP contribution in [0.4, 0.5) is 0 Å². The molecule has 6 nitrogen and oxygen atoms in total. The highest BCUT2D eigenvalue weighted by Crippen LogP contribution is 2.25. The van der Waals surface area contributed by atoms with E-state index in [1.165, 1.54) is 5.56 Å². The molecule has 1 heterocycles. The quantitative estimate of drug-likeness (QED) is 0.447. The van der Waals surface area contributed by atoms with Crippen LogP contribution in [-0.2, 0) is 10.2 Å². The predicted molar refractivity (Wildman–Crippen MR) is 115 cm³/mol. The molecule has 1 aliphatic rings. The molecule has 1 aromatic carbocycles. The molecule has 1 amide bonds. The van der Waals surface area contributed by atoms with Crippen molar-refractivity contribution in [3.8, 4) is 5.75 Å². The Bertz CT molecular complexity index is 679. The summed E-state index contributed by atoms with van der Waals surface area (Å²) < 4.78 is 5.88. The largest absolute Gasteiger partial charge is 0.492 e. The standard InChI is InChI=1S/C22H36N4O2/c1-16(2)20(27)26-12-10-18(15-26)25-21(23-6)24-11-13-28-19-9-7-8-17(14-19)22(3,4)5/h7-9,14,16,18H,10-13,15H2,1-6H3,(H2,23,24,25). The summed E-state index contributed by atoms with van der Waals surface area (Å²) in [5.41, 5.74) is 1.37. The number of aliphatic imine (C=N–C) groups is 1. The van der Waals surface area contributed by atoms with E-state index in [-0.39, 0.29) is 23.3 Å². The highest BCUT2D eigenvalue weighted by Gasteiger charge is 2.27. The average molecular weight is 389 g/mol. The number of likely N-dealkylation sites (tertiary alicyclic amines) is 1. The minimum absolute atomic E-state index is 0.0464. The van der Waals surface area contributed by atoms with Crippen LogP contribution in [0, 0.1) is 5.92 Å². The third-order valence-electron chi connectivity index (χ3n) is 4.92. The van der Waals surface area contributed by atoms with E-state index in [0.717, 1.165) is 31.2 Å². The fourth-order valence-electron chi connectivity index (χ4n) is 3.22. The molecule has 6 heteroatoms. The van der Waals surface area contributed by atoms with Crippen LogP contribution in [-0.4, -0.2) is 56.1 Å². The summed E-state index contributed by atoms with van der Waals surface area (Å²) in [7, 11) is 1.76. The highest BCUT2D eigenvalue weighted by molar-refractivity contribution is 5.81.